The predicted molar refractivity (Wildman–Crippen MR) is 30.2 cm³/mol. The van der Waals surface area contributed by atoms with Gasteiger partial charge in [-0.05, 0) is 12.8 Å². The second kappa shape index (κ2) is 1.63. The van der Waals surface area contributed by atoms with Crippen molar-refractivity contribution in [3.05, 3.63) is 0 Å². The maximum absolute atomic E-state index is 5.25. The third-order valence-electron chi connectivity index (χ3n) is 1.24. The van der Waals surface area contributed by atoms with E-state index >= 15 is 0 Å². The molecule has 1 heteroatoms. The van der Waals surface area contributed by atoms with Crippen molar-refractivity contribution in [2.75, 3.05) is 0 Å². The van der Waals surface area contributed by atoms with Gasteiger partial charge < -0.3 is 0 Å². The standard InChI is InChI=1S/C5H8S/c1-6-5-3-2-4-5/h1,5H,2-4H2. The van der Waals surface area contributed by atoms with Crippen LogP contribution in [0.3, 0.4) is 0 Å². The fourth-order valence-electron chi connectivity index (χ4n) is 0.507. The molecule has 1 aliphatic carbocycles. The number of hydrogen-bond acceptors (Lipinski definition) is 0. The molecule has 1 aliphatic rings. The minimum Gasteiger partial charge on any atom is -0.135 e. The van der Waals surface area contributed by atoms with Crippen LogP contribution in [-0.2, 0) is 0 Å². The summed E-state index contributed by atoms with van der Waals surface area (Å²) in [6, 6.07) is 0. The highest BCUT2D eigenvalue weighted by atomic mass is 32.1. The Bertz CT molecular complexity index is 76.4. The maximum atomic E-state index is 5.25. The zero-order valence-electron chi connectivity index (χ0n) is 3.68. The first kappa shape index (κ1) is 4.17. The summed E-state index contributed by atoms with van der Waals surface area (Å²) in [5.41, 5.74) is 5.25. The normalized spacial score (nSPS) is 22.5. The topological polar surface area (TPSA) is 0 Å². The van der Waals surface area contributed by atoms with Crippen molar-refractivity contribution < 1.29 is 0 Å². The Morgan fingerprint density at radius 1 is 1.50 bits per heavy atom. The number of rotatable bonds is 0. The van der Waals surface area contributed by atoms with E-state index in [-0.39, 0.29) is 0 Å². The highest BCUT2D eigenvalue weighted by molar-refractivity contribution is 7.89. The zero-order valence-corrected chi connectivity index (χ0v) is 4.50. The molecule has 1 rings (SSSR count). The third-order valence-corrected chi connectivity index (χ3v) is 2.10. The van der Waals surface area contributed by atoms with Crippen LogP contribution in [0.15, 0.2) is 0 Å². The molecule has 0 aromatic carbocycles. The summed E-state index contributed by atoms with van der Waals surface area (Å²) in [5, 5.41) is 0.810. The summed E-state index contributed by atoms with van der Waals surface area (Å²) in [4.78, 5) is 0. The Balaban J connectivity index is 2.22. The highest BCUT2D eigenvalue weighted by Gasteiger charge is 2.12. The summed E-state index contributed by atoms with van der Waals surface area (Å²) in [6.45, 7) is 0. The molecule has 0 aromatic heterocycles. The molecular formula is C5H8S. The van der Waals surface area contributed by atoms with Gasteiger partial charge in [0.15, 0.2) is 0 Å². The van der Waals surface area contributed by atoms with Crippen molar-refractivity contribution in [1.29, 1.82) is 0 Å². The fraction of sp³-hybridized carbons (Fsp3) is 0.800. The van der Waals surface area contributed by atoms with Crippen LogP contribution in [0.1, 0.15) is 19.3 Å². The van der Waals surface area contributed by atoms with Gasteiger partial charge in [0.1, 0.15) is 0 Å². The van der Waals surface area contributed by atoms with Gasteiger partial charge in [-0.2, -0.15) is 0 Å². The molecule has 0 N–H and O–H groups in total. The van der Waals surface area contributed by atoms with E-state index < -0.39 is 0 Å². The second-order valence-corrected chi connectivity index (χ2v) is 2.63. The van der Waals surface area contributed by atoms with E-state index in [1.165, 1.54) is 30.4 Å². The van der Waals surface area contributed by atoms with Crippen LogP contribution in [0.25, 0.3) is 0 Å². The average molecular weight is 100 g/mol. The van der Waals surface area contributed by atoms with Crippen LogP contribution in [0.4, 0.5) is 0 Å². The molecule has 0 radical (unpaired) electrons. The van der Waals surface area contributed by atoms with E-state index in [0.717, 1.165) is 5.25 Å². The Labute approximate surface area is 42.2 Å². The minimum atomic E-state index is 0.810. The van der Waals surface area contributed by atoms with Gasteiger partial charge in [0, 0.05) is 5.25 Å². The third kappa shape index (κ3) is 0.562. The Hall–Kier alpha value is 0. The molecule has 34 valence electrons. The van der Waals surface area contributed by atoms with Gasteiger partial charge in [-0.1, -0.05) is 6.42 Å². The molecule has 1 saturated carbocycles. The summed E-state index contributed by atoms with van der Waals surface area (Å²) in [6.07, 6.45) is 4.09. The highest BCUT2D eigenvalue weighted by Crippen LogP contribution is 2.24. The van der Waals surface area contributed by atoms with Gasteiger partial charge in [-0.25, -0.2) is 0 Å². The largest absolute Gasteiger partial charge is 0.135 e. The Morgan fingerprint density at radius 2 is 2.17 bits per heavy atom. The molecular weight excluding hydrogens is 92.1 g/mol. The predicted octanol–water partition coefficient (Wildman–Crippen LogP) is 1.86. The van der Waals surface area contributed by atoms with E-state index in [1.807, 2.05) is 0 Å². The van der Waals surface area contributed by atoms with Crippen molar-refractivity contribution in [2.24, 2.45) is 0 Å². The molecule has 0 unspecified atom stereocenters. The summed E-state index contributed by atoms with van der Waals surface area (Å²) in [5.74, 6) is 0. The molecule has 0 saturated heterocycles. The molecule has 1 fully saturated rings. The summed E-state index contributed by atoms with van der Waals surface area (Å²) < 4.78 is 0. The Kier molecular flexibility index (Phi) is 1.13. The summed E-state index contributed by atoms with van der Waals surface area (Å²) in [7, 11) is 0. The summed E-state index contributed by atoms with van der Waals surface area (Å²) >= 11 is 1.51. The van der Waals surface area contributed by atoms with Gasteiger partial charge in [0.2, 0.25) is 0 Å². The van der Waals surface area contributed by atoms with E-state index in [0.29, 0.717) is 0 Å². The van der Waals surface area contributed by atoms with E-state index in [4.69, 9.17) is 5.69 Å². The lowest BCUT2D eigenvalue weighted by Gasteiger charge is -2.17. The zero-order chi connectivity index (χ0) is 4.41. The van der Waals surface area contributed by atoms with E-state index in [1.54, 1.807) is 0 Å². The first-order chi connectivity index (χ1) is 2.93. The fourth-order valence-corrected chi connectivity index (χ4v) is 1.11. The lowest BCUT2D eigenvalue weighted by molar-refractivity contribution is 0.525. The minimum absolute atomic E-state index is 0.810. The Morgan fingerprint density at radius 3 is 2.17 bits per heavy atom. The first-order valence-corrected chi connectivity index (χ1v) is 3.23. The van der Waals surface area contributed by atoms with Crippen LogP contribution in [0, 0.1) is 5.69 Å². The van der Waals surface area contributed by atoms with Crippen molar-refractivity contribution in [3.63, 3.8) is 0 Å². The van der Waals surface area contributed by atoms with Crippen molar-refractivity contribution >= 4 is 11.2 Å². The molecule has 0 aliphatic heterocycles. The first-order valence-electron chi connectivity index (χ1n) is 2.29. The van der Waals surface area contributed by atoms with Gasteiger partial charge in [-0.3, -0.25) is 0 Å². The van der Waals surface area contributed by atoms with E-state index in [9.17, 15) is 0 Å². The van der Waals surface area contributed by atoms with E-state index in [2.05, 4.69) is 0 Å². The van der Waals surface area contributed by atoms with Gasteiger partial charge >= 0.3 is 0 Å². The SMILES string of the molecule is C#SC1CCC1. The van der Waals surface area contributed by atoms with Crippen LogP contribution < -0.4 is 0 Å². The average Bonchev–Trinajstić information content (AvgIpc) is 1.31. The lowest BCUT2D eigenvalue weighted by atomic mass is 10.0. The molecule has 6 heavy (non-hydrogen) atoms. The quantitative estimate of drug-likeness (QED) is 0.436. The van der Waals surface area contributed by atoms with Crippen molar-refractivity contribution in [1.82, 2.24) is 0 Å². The molecule has 0 heterocycles. The van der Waals surface area contributed by atoms with Crippen LogP contribution in [0.5, 0.6) is 0 Å². The van der Waals surface area contributed by atoms with Crippen LogP contribution in [-0.4, -0.2) is 5.25 Å². The number of hydrogen-bond donors (Lipinski definition) is 0. The molecule has 0 nitrogen and oxygen atoms in total. The molecule has 0 aromatic rings. The maximum Gasteiger partial charge on any atom is 0.0288 e. The second-order valence-electron chi connectivity index (χ2n) is 1.69. The smallest absolute Gasteiger partial charge is 0.0288 e. The van der Waals surface area contributed by atoms with Crippen LogP contribution >= 0.6 is 11.2 Å². The van der Waals surface area contributed by atoms with Gasteiger partial charge in [-0.15, -0.1) is 16.9 Å². The lowest BCUT2D eigenvalue weighted by Crippen LogP contribution is -2.09. The van der Waals surface area contributed by atoms with Crippen molar-refractivity contribution in [3.8, 4) is 5.69 Å². The molecule has 0 amide bonds. The van der Waals surface area contributed by atoms with Gasteiger partial charge in [0.05, 0.1) is 0 Å². The van der Waals surface area contributed by atoms with Crippen LogP contribution in [0.2, 0.25) is 0 Å². The molecule has 0 spiro atoms. The molecule has 0 atom stereocenters. The molecule has 0 bridgehead atoms. The van der Waals surface area contributed by atoms with Crippen molar-refractivity contribution in [2.45, 2.75) is 24.5 Å². The van der Waals surface area contributed by atoms with Gasteiger partial charge in [0.25, 0.3) is 0 Å². The monoisotopic (exact) mass is 100 g/mol.